The van der Waals surface area contributed by atoms with E-state index in [-0.39, 0.29) is 11.3 Å². The lowest BCUT2D eigenvalue weighted by Gasteiger charge is -2.19. The van der Waals surface area contributed by atoms with Gasteiger partial charge < -0.3 is 10.1 Å². The fourth-order valence-electron chi connectivity index (χ4n) is 3.45. The van der Waals surface area contributed by atoms with Crippen molar-refractivity contribution in [3.63, 3.8) is 0 Å². The van der Waals surface area contributed by atoms with Gasteiger partial charge in [0.2, 0.25) is 0 Å². The first kappa shape index (κ1) is 20.3. The molecule has 156 valence electrons. The second-order valence-corrected chi connectivity index (χ2v) is 7.09. The van der Waals surface area contributed by atoms with Crippen LogP contribution in [0.25, 0.3) is 5.57 Å². The number of para-hydroxylation sites is 2. The summed E-state index contributed by atoms with van der Waals surface area (Å²) in [6.45, 7) is 4.18. The molecular weight excluding hydrogens is 395 g/mol. The van der Waals surface area contributed by atoms with E-state index in [0.717, 1.165) is 10.5 Å². The number of amides is 2. The molecule has 1 heterocycles. The van der Waals surface area contributed by atoms with E-state index in [1.54, 1.807) is 24.3 Å². The van der Waals surface area contributed by atoms with E-state index in [2.05, 4.69) is 5.32 Å². The lowest BCUT2D eigenvalue weighted by molar-refractivity contribution is -0.120. The summed E-state index contributed by atoms with van der Waals surface area (Å²) in [5, 5.41) is 3.10. The molecule has 6 heteroatoms. The first-order chi connectivity index (χ1) is 15.0. The van der Waals surface area contributed by atoms with Gasteiger partial charge in [-0.1, -0.05) is 42.0 Å². The molecule has 0 fully saturated rings. The molecule has 0 bridgehead atoms. The first-order valence-corrected chi connectivity index (χ1v) is 9.94. The minimum absolute atomic E-state index is 0.131. The van der Waals surface area contributed by atoms with E-state index in [9.17, 15) is 14.0 Å². The Morgan fingerprint density at radius 1 is 0.903 bits per heavy atom. The molecule has 0 spiro atoms. The van der Waals surface area contributed by atoms with Crippen LogP contribution >= 0.6 is 0 Å². The molecule has 2 amide bonds. The highest BCUT2D eigenvalue weighted by Gasteiger charge is 2.41. The molecule has 3 aromatic carbocycles. The number of rotatable bonds is 6. The van der Waals surface area contributed by atoms with Crippen molar-refractivity contribution in [3.05, 3.63) is 95.4 Å². The maximum atomic E-state index is 13.5. The number of anilines is 2. The van der Waals surface area contributed by atoms with Crippen molar-refractivity contribution in [2.75, 3.05) is 16.8 Å². The quantitative estimate of drug-likeness (QED) is 0.579. The van der Waals surface area contributed by atoms with E-state index in [1.165, 1.54) is 24.3 Å². The Morgan fingerprint density at radius 2 is 1.58 bits per heavy atom. The molecule has 1 aliphatic heterocycles. The topological polar surface area (TPSA) is 58.6 Å². The predicted molar refractivity (Wildman–Crippen MR) is 118 cm³/mol. The molecule has 0 unspecified atom stereocenters. The monoisotopic (exact) mass is 416 g/mol. The molecule has 31 heavy (non-hydrogen) atoms. The van der Waals surface area contributed by atoms with E-state index in [0.29, 0.717) is 29.3 Å². The molecule has 0 radical (unpaired) electrons. The molecule has 0 aromatic heterocycles. The maximum Gasteiger partial charge on any atom is 0.282 e. The molecule has 0 saturated heterocycles. The highest BCUT2D eigenvalue weighted by molar-refractivity contribution is 6.46. The Kier molecular flexibility index (Phi) is 5.54. The van der Waals surface area contributed by atoms with E-state index < -0.39 is 17.6 Å². The summed E-state index contributed by atoms with van der Waals surface area (Å²) >= 11 is 0. The molecule has 1 aliphatic rings. The Hall–Kier alpha value is -3.93. The summed E-state index contributed by atoms with van der Waals surface area (Å²) in [4.78, 5) is 28.0. The average molecular weight is 416 g/mol. The summed E-state index contributed by atoms with van der Waals surface area (Å²) in [6, 6.07) is 19.9. The number of nitrogens with zero attached hydrogens (tertiary/aromatic N) is 1. The van der Waals surface area contributed by atoms with Gasteiger partial charge >= 0.3 is 0 Å². The second-order valence-electron chi connectivity index (χ2n) is 7.09. The number of imide groups is 1. The number of carbonyl (C=O) groups is 2. The average Bonchev–Trinajstić information content (AvgIpc) is 3.01. The number of halogens is 1. The Morgan fingerprint density at radius 3 is 2.26 bits per heavy atom. The molecule has 0 atom stereocenters. The summed E-state index contributed by atoms with van der Waals surface area (Å²) in [6.07, 6.45) is 0. The van der Waals surface area contributed by atoms with Crippen LogP contribution in [0, 0.1) is 12.7 Å². The van der Waals surface area contributed by atoms with Crippen molar-refractivity contribution in [1.29, 1.82) is 0 Å². The number of nitrogens with one attached hydrogen (secondary N) is 1. The lowest BCUT2D eigenvalue weighted by Crippen LogP contribution is -2.32. The van der Waals surface area contributed by atoms with Crippen molar-refractivity contribution in [1.82, 2.24) is 0 Å². The Bertz CT molecular complexity index is 1170. The van der Waals surface area contributed by atoms with Gasteiger partial charge in [0.1, 0.15) is 17.3 Å². The SMILES string of the molecule is CCOc1ccccc1N1C(=O)C(Nc2ccc(C)cc2)=C(c2ccc(F)cc2)C1=O. The molecule has 5 nitrogen and oxygen atoms in total. The summed E-state index contributed by atoms with van der Waals surface area (Å²) in [5.74, 6) is -0.995. The van der Waals surface area contributed by atoms with Crippen LogP contribution in [-0.4, -0.2) is 18.4 Å². The number of carbonyl (C=O) groups excluding carboxylic acids is 2. The minimum Gasteiger partial charge on any atom is -0.492 e. The fraction of sp³-hybridized carbons (Fsp3) is 0.120. The number of ether oxygens (including phenoxy) is 1. The smallest absolute Gasteiger partial charge is 0.282 e. The third-order valence-electron chi connectivity index (χ3n) is 4.94. The fourth-order valence-corrected chi connectivity index (χ4v) is 3.45. The number of hydrogen-bond donors (Lipinski definition) is 1. The standard InChI is InChI=1S/C25H21FN2O3/c1-3-31-21-7-5-4-6-20(21)28-24(29)22(17-10-12-18(26)13-11-17)23(25(28)30)27-19-14-8-16(2)9-15-19/h4-15,27H,3H2,1-2H3. The van der Waals surface area contributed by atoms with Crippen molar-refractivity contribution in [2.45, 2.75) is 13.8 Å². The zero-order valence-electron chi connectivity index (χ0n) is 17.2. The van der Waals surface area contributed by atoms with Gasteiger partial charge in [0, 0.05) is 5.69 Å². The van der Waals surface area contributed by atoms with Gasteiger partial charge in [-0.15, -0.1) is 0 Å². The number of benzene rings is 3. The van der Waals surface area contributed by atoms with Gasteiger partial charge in [0.05, 0.1) is 17.9 Å². The van der Waals surface area contributed by atoms with E-state index in [1.807, 2.05) is 38.1 Å². The molecule has 4 rings (SSSR count). The predicted octanol–water partition coefficient (Wildman–Crippen LogP) is 4.93. The van der Waals surface area contributed by atoms with E-state index >= 15 is 0 Å². The third-order valence-corrected chi connectivity index (χ3v) is 4.94. The maximum absolute atomic E-state index is 13.5. The van der Waals surface area contributed by atoms with Gasteiger partial charge in [-0.05, 0) is 55.8 Å². The van der Waals surface area contributed by atoms with Crippen LogP contribution in [0.5, 0.6) is 5.75 Å². The largest absolute Gasteiger partial charge is 0.492 e. The second kappa shape index (κ2) is 8.44. The third kappa shape index (κ3) is 3.92. The van der Waals surface area contributed by atoms with Crippen LogP contribution < -0.4 is 15.0 Å². The van der Waals surface area contributed by atoms with Gasteiger partial charge in [0.15, 0.2) is 0 Å². The van der Waals surface area contributed by atoms with Gasteiger partial charge in [-0.25, -0.2) is 9.29 Å². The normalized spacial score (nSPS) is 13.7. The van der Waals surface area contributed by atoms with Crippen molar-refractivity contribution < 1.29 is 18.7 Å². The van der Waals surface area contributed by atoms with E-state index in [4.69, 9.17) is 4.74 Å². The van der Waals surface area contributed by atoms with Crippen molar-refractivity contribution >= 4 is 28.8 Å². The summed E-state index contributed by atoms with van der Waals surface area (Å²) < 4.78 is 19.1. The zero-order chi connectivity index (χ0) is 22.0. The van der Waals surface area contributed by atoms with Crippen LogP contribution in [0.15, 0.2) is 78.5 Å². The van der Waals surface area contributed by atoms with Crippen LogP contribution in [-0.2, 0) is 9.59 Å². The first-order valence-electron chi connectivity index (χ1n) is 9.94. The van der Waals surface area contributed by atoms with Gasteiger partial charge in [-0.3, -0.25) is 9.59 Å². The van der Waals surface area contributed by atoms with Gasteiger partial charge in [-0.2, -0.15) is 0 Å². The minimum atomic E-state index is -0.503. The Labute approximate surface area is 179 Å². The Balaban J connectivity index is 1.82. The highest BCUT2D eigenvalue weighted by Crippen LogP contribution is 2.37. The molecule has 3 aromatic rings. The summed E-state index contributed by atoms with van der Waals surface area (Å²) in [5.41, 5.74) is 2.86. The summed E-state index contributed by atoms with van der Waals surface area (Å²) in [7, 11) is 0. The van der Waals surface area contributed by atoms with Crippen molar-refractivity contribution in [2.24, 2.45) is 0 Å². The van der Waals surface area contributed by atoms with Gasteiger partial charge in [0.25, 0.3) is 11.8 Å². The van der Waals surface area contributed by atoms with Crippen LogP contribution in [0.4, 0.5) is 15.8 Å². The highest BCUT2D eigenvalue weighted by atomic mass is 19.1. The number of aryl methyl sites for hydroxylation is 1. The van der Waals surface area contributed by atoms with Crippen LogP contribution in [0.3, 0.4) is 0 Å². The molecule has 0 saturated carbocycles. The lowest BCUT2D eigenvalue weighted by atomic mass is 10.0. The van der Waals surface area contributed by atoms with Crippen LogP contribution in [0.2, 0.25) is 0 Å². The van der Waals surface area contributed by atoms with Crippen LogP contribution in [0.1, 0.15) is 18.1 Å². The zero-order valence-corrected chi connectivity index (χ0v) is 17.2. The number of hydrogen-bond acceptors (Lipinski definition) is 4. The molecule has 0 aliphatic carbocycles. The van der Waals surface area contributed by atoms with Crippen molar-refractivity contribution in [3.8, 4) is 5.75 Å². The molecular formula is C25H21FN2O3. The molecule has 1 N–H and O–H groups in total.